The molecule has 0 fully saturated rings. The van der Waals surface area contributed by atoms with Gasteiger partial charge in [-0.1, -0.05) is 30.7 Å². The van der Waals surface area contributed by atoms with Crippen LogP contribution in [0.4, 0.5) is 0 Å². The van der Waals surface area contributed by atoms with Gasteiger partial charge in [-0.05, 0) is 11.6 Å². The van der Waals surface area contributed by atoms with Crippen molar-refractivity contribution in [2.45, 2.75) is 19.9 Å². The van der Waals surface area contributed by atoms with E-state index in [9.17, 15) is 0 Å². The summed E-state index contributed by atoms with van der Waals surface area (Å²) in [6, 6.07) is 5.44. The number of nitrogens with two attached hydrogens (primary N) is 1. The molecule has 0 saturated carbocycles. The molecule has 3 N–H and O–H groups in total. The van der Waals surface area contributed by atoms with Crippen molar-refractivity contribution in [1.29, 1.82) is 5.41 Å². The summed E-state index contributed by atoms with van der Waals surface area (Å²) < 4.78 is 2.06. The van der Waals surface area contributed by atoms with Crippen molar-refractivity contribution in [1.82, 2.24) is 9.55 Å². The molecule has 0 amide bonds. The maximum Gasteiger partial charge on any atom is 0.122 e. The number of halogens is 1. The van der Waals surface area contributed by atoms with Crippen LogP contribution >= 0.6 is 11.6 Å². The maximum atomic E-state index is 7.37. The number of nitrogens with zero attached hydrogens (tertiary/aromatic N) is 2. The Balaban J connectivity index is 2.27. The molecule has 0 aliphatic rings. The van der Waals surface area contributed by atoms with Gasteiger partial charge >= 0.3 is 0 Å². The summed E-state index contributed by atoms with van der Waals surface area (Å²) in [6.45, 7) is 2.75. The molecule has 18 heavy (non-hydrogen) atoms. The SMILES string of the molecule is CCc1nccn1Cc1ccc(C(=N)N)cc1Cl. The van der Waals surface area contributed by atoms with Gasteiger partial charge in [0.2, 0.25) is 0 Å². The van der Waals surface area contributed by atoms with E-state index >= 15 is 0 Å². The summed E-state index contributed by atoms with van der Waals surface area (Å²) in [7, 11) is 0. The van der Waals surface area contributed by atoms with Gasteiger partial charge in [-0.3, -0.25) is 5.41 Å². The van der Waals surface area contributed by atoms with Crippen LogP contribution in [-0.2, 0) is 13.0 Å². The number of rotatable bonds is 4. The molecule has 1 aromatic carbocycles. The number of nitrogens with one attached hydrogen (secondary N) is 1. The second kappa shape index (κ2) is 5.23. The molecular formula is C13H15ClN4. The molecule has 0 bridgehead atoms. The predicted molar refractivity (Wildman–Crippen MR) is 73.2 cm³/mol. The van der Waals surface area contributed by atoms with E-state index in [1.807, 2.05) is 18.3 Å². The number of imidazole rings is 1. The number of benzene rings is 1. The molecular weight excluding hydrogens is 248 g/mol. The van der Waals surface area contributed by atoms with E-state index in [4.69, 9.17) is 22.7 Å². The summed E-state index contributed by atoms with van der Waals surface area (Å²) >= 11 is 6.20. The Labute approximate surface area is 111 Å². The smallest absolute Gasteiger partial charge is 0.122 e. The monoisotopic (exact) mass is 262 g/mol. The van der Waals surface area contributed by atoms with Gasteiger partial charge in [0.1, 0.15) is 11.7 Å². The average molecular weight is 263 g/mol. The zero-order valence-corrected chi connectivity index (χ0v) is 10.9. The average Bonchev–Trinajstić information content (AvgIpc) is 2.78. The normalized spacial score (nSPS) is 10.6. The highest BCUT2D eigenvalue weighted by Crippen LogP contribution is 2.19. The fourth-order valence-corrected chi connectivity index (χ4v) is 2.07. The first kappa shape index (κ1) is 12.6. The first-order chi connectivity index (χ1) is 8.61. The molecule has 1 aromatic heterocycles. The zero-order valence-electron chi connectivity index (χ0n) is 10.2. The Bertz CT molecular complexity index is 574. The maximum absolute atomic E-state index is 7.37. The number of hydrogen-bond donors (Lipinski definition) is 2. The summed E-state index contributed by atoms with van der Waals surface area (Å²) in [5.74, 6) is 1.06. The van der Waals surface area contributed by atoms with Crippen LogP contribution in [0.25, 0.3) is 0 Å². The Morgan fingerprint density at radius 2 is 2.28 bits per heavy atom. The molecule has 2 rings (SSSR count). The molecule has 0 aliphatic heterocycles. The topological polar surface area (TPSA) is 67.7 Å². The third-order valence-corrected chi connectivity index (χ3v) is 3.17. The number of nitrogen functional groups attached to an aromatic ring is 1. The molecule has 5 heteroatoms. The van der Waals surface area contributed by atoms with Crippen LogP contribution in [0.15, 0.2) is 30.6 Å². The minimum atomic E-state index is 0.0281. The van der Waals surface area contributed by atoms with E-state index < -0.39 is 0 Å². The largest absolute Gasteiger partial charge is 0.384 e. The van der Waals surface area contributed by atoms with Gasteiger partial charge in [0, 0.05) is 29.4 Å². The van der Waals surface area contributed by atoms with Crippen LogP contribution in [0.2, 0.25) is 5.02 Å². The Morgan fingerprint density at radius 3 is 2.89 bits per heavy atom. The minimum Gasteiger partial charge on any atom is -0.384 e. The fourth-order valence-electron chi connectivity index (χ4n) is 1.82. The van der Waals surface area contributed by atoms with Crippen molar-refractivity contribution in [3.63, 3.8) is 0 Å². The molecule has 0 radical (unpaired) electrons. The quantitative estimate of drug-likeness (QED) is 0.656. The molecule has 2 aromatic rings. The zero-order chi connectivity index (χ0) is 13.1. The minimum absolute atomic E-state index is 0.0281. The van der Waals surface area contributed by atoms with Gasteiger partial charge in [-0.2, -0.15) is 0 Å². The van der Waals surface area contributed by atoms with Crippen molar-refractivity contribution >= 4 is 17.4 Å². The molecule has 0 spiro atoms. The third kappa shape index (κ3) is 2.54. The van der Waals surface area contributed by atoms with Gasteiger partial charge < -0.3 is 10.3 Å². The lowest BCUT2D eigenvalue weighted by molar-refractivity contribution is 0.732. The lowest BCUT2D eigenvalue weighted by Crippen LogP contribution is -2.11. The van der Waals surface area contributed by atoms with Gasteiger partial charge in [0.05, 0.1) is 6.54 Å². The number of aryl methyl sites for hydroxylation is 1. The summed E-state index contributed by atoms with van der Waals surface area (Å²) in [5, 5.41) is 7.99. The molecule has 0 saturated heterocycles. The molecule has 0 unspecified atom stereocenters. The van der Waals surface area contributed by atoms with Crippen molar-refractivity contribution in [2.75, 3.05) is 0 Å². The van der Waals surface area contributed by atoms with Crippen LogP contribution in [0, 0.1) is 5.41 Å². The molecule has 0 atom stereocenters. The van der Waals surface area contributed by atoms with Gasteiger partial charge in [-0.15, -0.1) is 0 Å². The lowest BCUT2D eigenvalue weighted by Gasteiger charge is -2.09. The molecule has 4 nitrogen and oxygen atoms in total. The molecule has 0 aliphatic carbocycles. The Morgan fingerprint density at radius 1 is 1.50 bits per heavy atom. The predicted octanol–water partition coefficient (Wildman–Crippen LogP) is 2.43. The highest BCUT2D eigenvalue weighted by atomic mass is 35.5. The summed E-state index contributed by atoms with van der Waals surface area (Å²) in [4.78, 5) is 4.27. The first-order valence-corrected chi connectivity index (χ1v) is 6.12. The van der Waals surface area contributed by atoms with Gasteiger partial charge in [0.25, 0.3) is 0 Å². The van der Waals surface area contributed by atoms with E-state index in [1.165, 1.54) is 0 Å². The van der Waals surface area contributed by atoms with Crippen molar-refractivity contribution in [3.05, 3.63) is 52.6 Å². The second-order valence-corrected chi connectivity index (χ2v) is 4.45. The van der Waals surface area contributed by atoms with Crippen LogP contribution < -0.4 is 5.73 Å². The number of hydrogen-bond acceptors (Lipinski definition) is 2. The molecule has 94 valence electrons. The number of aromatic nitrogens is 2. The highest BCUT2D eigenvalue weighted by molar-refractivity contribution is 6.31. The third-order valence-electron chi connectivity index (χ3n) is 2.82. The second-order valence-electron chi connectivity index (χ2n) is 4.04. The number of amidine groups is 1. The van der Waals surface area contributed by atoms with E-state index in [1.54, 1.807) is 12.3 Å². The van der Waals surface area contributed by atoms with Crippen LogP contribution in [0.1, 0.15) is 23.9 Å². The van der Waals surface area contributed by atoms with E-state index in [0.717, 1.165) is 17.8 Å². The fraction of sp³-hybridized carbons (Fsp3) is 0.231. The Hall–Kier alpha value is -1.81. The van der Waals surface area contributed by atoms with E-state index in [-0.39, 0.29) is 5.84 Å². The Kier molecular flexibility index (Phi) is 3.67. The highest BCUT2D eigenvalue weighted by Gasteiger charge is 2.06. The summed E-state index contributed by atoms with van der Waals surface area (Å²) in [6.07, 6.45) is 4.61. The molecule has 1 heterocycles. The van der Waals surface area contributed by atoms with Crippen LogP contribution in [0.3, 0.4) is 0 Å². The van der Waals surface area contributed by atoms with Crippen molar-refractivity contribution in [2.24, 2.45) is 5.73 Å². The van der Waals surface area contributed by atoms with E-state index in [0.29, 0.717) is 17.1 Å². The lowest BCUT2D eigenvalue weighted by atomic mass is 10.1. The first-order valence-electron chi connectivity index (χ1n) is 5.74. The summed E-state index contributed by atoms with van der Waals surface area (Å²) in [5.41, 5.74) is 7.06. The van der Waals surface area contributed by atoms with Crippen LogP contribution in [-0.4, -0.2) is 15.4 Å². The van der Waals surface area contributed by atoms with Crippen molar-refractivity contribution < 1.29 is 0 Å². The van der Waals surface area contributed by atoms with E-state index in [2.05, 4.69) is 16.5 Å². The van der Waals surface area contributed by atoms with Gasteiger partial charge in [-0.25, -0.2) is 4.98 Å². The standard InChI is InChI=1S/C13H15ClN4/c1-2-12-17-5-6-18(12)8-10-4-3-9(13(15)16)7-11(10)14/h3-7H,2,8H2,1H3,(H3,15,16). The van der Waals surface area contributed by atoms with Crippen LogP contribution in [0.5, 0.6) is 0 Å². The van der Waals surface area contributed by atoms with Gasteiger partial charge in [0.15, 0.2) is 0 Å². The van der Waals surface area contributed by atoms with Crippen molar-refractivity contribution in [3.8, 4) is 0 Å².